The van der Waals surface area contributed by atoms with Gasteiger partial charge in [-0.2, -0.15) is 0 Å². The van der Waals surface area contributed by atoms with Crippen LogP contribution in [0.5, 0.6) is 0 Å². The van der Waals surface area contributed by atoms with Crippen LogP contribution in [0, 0.1) is 6.85 Å². The van der Waals surface area contributed by atoms with Crippen molar-refractivity contribution >= 4 is 0 Å². The number of aromatic nitrogens is 3. The van der Waals surface area contributed by atoms with Crippen molar-refractivity contribution in [2.45, 2.75) is 82.8 Å². The van der Waals surface area contributed by atoms with Crippen LogP contribution in [0.15, 0.2) is 30.2 Å². The van der Waals surface area contributed by atoms with Crippen molar-refractivity contribution < 1.29 is 17.8 Å². The summed E-state index contributed by atoms with van der Waals surface area (Å²) in [5.74, 6) is 0.217. The molecule has 2 aliphatic heterocycles. The molecule has 2 N–H and O–H groups in total. The van der Waals surface area contributed by atoms with E-state index in [0.29, 0.717) is 18.7 Å². The minimum absolute atomic E-state index is 0.127. The Hall–Kier alpha value is -1.72. The lowest BCUT2D eigenvalue weighted by atomic mass is 9.95. The van der Waals surface area contributed by atoms with Crippen molar-refractivity contribution in [1.29, 1.82) is 0 Å². The zero-order valence-electron chi connectivity index (χ0n) is 28.5. The second-order valence-corrected chi connectivity index (χ2v) is 7.47. The number of benzene rings is 1. The Morgan fingerprint density at radius 3 is 2.56 bits per heavy atom. The molecule has 0 radical (unpaired) electrons. The van der Waals surface area contributed by atoms with Gasteiger partial charge in [0.1, 0.15) is 11.6 Å². The lowest BCUT2D eigenvalue weighted by molar-refractivity contribution is 0.101. The van der Waals surface area contributed by atoms with Crippen LogP contribution >= 0.6 is 0 Å². The van der Waals surface area contributed by atoms with Crippen LogP contribution in [0.3, 0.4) is 0 Å². The van der Waals surface area contributed by atoms with Gasteiger partial charge in [0, 0.05) is 46.2 Å². The van der Waals surface area contributed by atoms with Crippen LogP contribution in [-0.4, -0.2) is 38.2 Å². The molecule has 27 heavy (non-hydrogen) atoms. The molecule has 0 aliphatic carbocycles. The average Bonchev–Trinajstić information content (AvgIpc) is 3.41. The molecule has 5 heteroatoms. The van der Waals surface area contributed by atoms with E-state index in [4.69, 9.17) is 23.6 Å². The first-order valence-electron chi connectivity index (χ1n) is 15.8. The molecule has 2 bridgehead atoms. The fourth-order valence-corrected chi connectivity index (χ4v) is 4.17. The predicted octanol–water partition coefficient (Wildman–Crippen LogP) is 3.97. The molecule has 2 fully saturated rings. The van der Waals surface area contributed by atoms with E-state index in [-0.39, 0.29) is 30.6 Å². The van der Waals surface area contributed by atoms with Gasteiger partial charge in [-0.3, -0.25) is 4.90 Å². The Morgan fingerprint density at radius 1 is 1.22 bits per heavy atom. The molecular weight excluding hydrogens is 334 g/mol. The standard InChI is InChI=1S/C22H33N5/c1-15(2)22-25-24-16(3)27(22)20-13-18-9-10-19(14-20)26(18)12-11-21(23)17-7-5-4-6-8-17/h4-8,15,18-21H,9-14,23H2,1-3H3/t18?,19?,20?,21-/m0/s1/i3D3,4D,5D,6D,7D,8D,11D2,12D2,21D. The van der Waals surface area contributed by atoms with E-state index in [1.807, 2.05) is 13.8 Å². The normalized spacial score (nSPS) is 36.3. The van der Waals surface area contributed by atoms with Gasteiger partial charge in [0.05, 0.1) is 8.22 Å². The van der Waals surface area contributed by atoms with Crippen LogP contribution in [0.1, 0.15) is 98.9 Å². The van der Waals surface area contributed by atoms with Gasteiger partial charge in [-0.05, 0) is 44.5 Å². The van der Waals surface area contributed by atoms with Crippen molar-refractivity contribution in [3.63, 3.8) is 0 Å². The van der Waals surface area contributed by atoms with Crippen molar-refractivity contribution in [1.82, 2.24) is 19.7 Å². The van der Waals surface area contributed by atoms with Gasteiger partial charge < -0.3 is 10.3 Å². The molecule has 0 saturated carbocycles. The molecule has 3 heterocycles. The van der Waals surface area contributed by atoms with Gasteiger partial charge in [0.15, 0.2) is 0 Å². The number of aryl methyl sites for hydroxylation is 1. The first-order chi connectivity index (χ1) is 18.2. The van der Waals surface area contributed by atoms with Gasteiger partial charge in [0.25, 0.3) is 0 Å². The molecule has 2 saturated heterocycles. The average molecular weight is 381 g/mol. The highest BCUT2D eigenvalue weighted by molar-refractivity contribution is 5.18. The maximum atomic E-state index is 8.96. The minimum Gasteiger partial charge on any atom is -0.324 e. The number of nitrogens with zero attached hydrogens (tertiary/aromatic N) is 4. The summed E-state index contributed by atoms with van der Waals surface area (Å²) in [7, 11) is 0. The lowest BCUT2D eigenvalue weighted by Gasteiger charge is -2.40. The van der Waals surface area contributed by atoms with Gasteiger partial charge in [-0.25, -0.2) is 0 Å². The highest BCUT2D eigenvalue weighted by atomic mass is 15.3. The third-order valence-corrected chi connectivity index (χ3v) is 5.40. The first kappa shape index (κ1) is 8.75. The summed E-state index contributed by atoms with van der Waals surface area (Å²) in [5, 5.41) is 8.07. The van der Waals surface area contributed by atoms with Gasteiger partial charge >= 0.3 is 0 Å². The van der Waals surface area contributed by atoms with E-state index in [1.54, 1.807) is 4.57 Å². The highest BCUT2D eigenvalue weighted by Crippen LogP contribution is 2.42. The van der Waals surface area contributed by atoms with E-state index in [0.717, 1.165) is 0 Å². The number of hydrogen-bond acceptors (Lipinski definition) is 4. The molecule has 2 aromatic rings. The van der Waals surface area contributed by atoms with E-state index in [9.17, 15) is 0 Å². The maximum Gasteiger partial charge on any atom is 0.135 e. The summed E-state index contributed by atoms with van der Waals surface area (Å²) in [6, 6.07) is -8.58. The van der Waals surface area contributed by atoms with Gasteiger partial charge in [0.2, 0.25) is 0 Å². The van der Waals surface area contributed by atoms with Crippen LogP contribution in [0.2, 0.25) is 0 Å². The van der Waals surface area contributed by atoms with Crippen molar-refractivity contribution in [2.24, 2.45) is 5.73 Å². The quantitative estimate of drug-likeness (QED) is 0.824. The minimum atomic E-state index is -3.24. The summed E-state index contributed by atoms with van der Waals surface area (Å²) in [5.41, 5.74) is 5.28. The van der Waals surface area contributed by atoms with Crippen LogP contribution in [0.25, 0.3) is 0 Å². The molecule has 4 rings (SSSR count). The molecule has 1 aromatic heterocycles. The molecule has 5 nitrogen and oxygen atoms in total. The van der Waals surface area contributed by atoms with Crippen molar-refractivity contribution in [3.8, 4) is 0 Å². The SMILES string of the molecule is [2H]c1c([2H])c([2H])c([C@@]([2H])(N)C([2H])([2H])C([2H])([2H])N2C3CCC2CC(n2c(C(C)C)nnc2C([2H])([2H])[2H])C3)c([2H])c1[2H]. The van der Waals surface area contributed by atoms with E-state index >= 15 is 0 Å². The van der Waals surface area contributed by atoms with E-state index in [1.165, 1.54) is 4.90 Å². The molecule has 0 amide bonds. The molecule has 2 aliphatic rings. The Bertz CT molecular complexity index is 1260. The molecule has 3 atom stereocenters. The fraction of sp³-hybridized carbons (Fsp3) is 0.636. The van der Waals surface area contributed by atoms with Gasteiger partial charge in [-0.1, -0.05) is 44.1 Å². The fourth-order valence-electron chi connectivity index (χ4n) is 4.17. The Labute approximate surface area is 181 Å². The third-order valence-electron chi connectivity index (χ3n) is 5.40. The smallest absolute Gasteiger partial charge is 0.135 e. The summed E-state index contributed by atoms with van der Waals surface area (Å²) in [6.45, 7) is -1.68. The largest absolute Gasteiger partial charge is 0.324 e. The Morgan fingerprint density at radius 2 is 1.93 bits per heavy atom. The van der Waals surface area contributed by atoms with Crippen molar-refractivity contribution in [3.05, 3.63) is 47.4 Å². The third kappa shape index (κ3) is 3.67. The molecular formula is C22H33N5. The van der Waals surface area contributed by atoms with Crippen LogP contribution in [0.4, 0.5) is 0 Å². The van der Waals surface area contributed by atoms with Crippen molar-refractivity contribution in [2.75, 3.05) is 6.50 Å². The molecule has 2 unspecified atom stereocenters. The zero-order chi connectivity index (χ0) is 30.3. The number of nitrogens with two attached hydrogens (primary N) is 1. The molecule has 146 valence electrons. The lowest BCUT2D eigenvalue weighted by Crippen LogP contribution is -2.44. The zero-order valence-corrected chi connectivity index (χ0v) is 15.5. The van der Waals surface area contributed by atoms with E-state index in [2.05, 4.69) is 10.2 Å². The number of rotatable bonds is 6. The summed E-state index contributed by atoms with van der Waals surface area (Å²) >= 11 is 0. The first-order valence-corrected chi connectivity index (χ1v) is 9.27. The van der Waals surface area contributed by atoms with Crippen LogP contribution in [-0.2, 0) is 0 Å². The number of fused-ring (bicyclic) bond motifs is 2. The van der Waals surface area contributed by atoms with Crippen LogP contribution < -0.4 is 5.73 Å². The summed E-state index contributed by atoms with van der Waals surface area (Å²) < 4.78 is 110. The molecule has 0 spiro atoms. The monoisotopic (exact) mass is 380 g/mol. The second-order valence-electron chi connectivity index (χ2n) is 7.47. The molecule has 1 aromatic carbocycles. The highest BCUT2D eigenvalue weighted by Gasteiger charge is 2.42. The summed E-state index contributed by atoms with van der Waals surface area (Å²) in [4.78, 5) is 1.34. The topological polar surface area (TPSA) is 60.0 Å². The predicted molar refractivity (Wildman–Crippen MR) is 109 cm³/mol. The maximum absolute atomic E-state index is 8.96. The number of hydrogen-bond donors (Lipinski definition) is 1. The van der Waals surface area contributed by atoms with Gasteiger partial charge in [-0.15, -0.1) is 10.2 Å². The number of piperidine rings is 1. The Kier molecular flexibility index (Phi) is 2.50. The van der Waals surface area contributed by atoms with E-state index < -0.39 is 73.6 Å². The Balaban J connectivity index is 1.73. The second kappa shape index (κ2) is 7.72. The summed E-state index contributed by atoms with van der Waals surface area (Å²) in [6.07, 6.45) is -1.72.